The van der Waals surface area contributed by atoms with Gasteiger partial charge < -0.3 is 14.7 Å². The summed E-state index contributed by atoms with van der Waals surface area (Å²) in [6.07, 6.45) is 3.25. The SMILES string of the molecule is CON=C1CN(c2c(F)cc3c(=O)cc[nH]c3c2F)CC12CC2. The van der Waals surface area contributed by atoms with Crippen LogP contribution < -0.4 is 10.3 Å². The highest BCUT2D eigenvalue weighted by Gasteiger charge is 2.54. The fraction of sp³-hybridized carbons (Fsp3) is 0.375. The molecule has 2 aliphatic rings. The van der Waals surface area contributed by atoms with Crippen molar-refractivity contribution in [2.75, 3.05) is 25.1 Å². The van der Waals surface area contributed by atoms with Gasteiger partial charge in [-0.15, -0.1) is 0 Å². The van der Waals surface area contributed by atoms with Gasteiger partial charge in [0, 0.05) is 24.2 Å². The molecule has 0 unspecified atom stereocenters. The second-order valence-electron chi connectivity index (χ2n) is 6.14. The van der Waals surface area contributed by atoms with Crippen molar-refractivity contribution in [2.24, 2.45) is 10.6 Å². The summed E-state index contributed by atoms with van der Waals surface area (Å²) >= 11 is 0. The average Bonchev–Trinajstić information content (AvgIpc) is 3.20. The summed E-state index contributed by atoms with van der Waals surface area (Å²) in [6, 6.07) is 2.34. The largest absolute Gasteiger partial charge is 0.399 e. The number of nitrogens with zero attached hydrogens (tertiary/aromatic N) is 2. The number of rotatable bonds is 2. The van der Waals surface area contributed by atoms with Gasteiger partial charge in [0.2, 0.25) is 0 Å². The number of H-pyrrole nitrogens is 1. The van der Waals surface area contributed by atoms with Crippen LogP contribution in [0.5, 0.6) is 0 Å². The Bertz CT molecular complexity index is 887. The third-order valence-corrected chi connectivity index (χ3v) is 4.74. The minimum absolute atomic E-state index is 0.0114. The summed E-state index contributed by atoms with van der Waals surface area (Å²) in [4.78, 5) is 21.0. The van der Waals surface area contributed by atoms with Crippen molar-refractivity contribution in [3.05, 3.63) is 40.2 Å². The van der Waals surface area contributed by atoms with Gasteiger partial charge in [-0.3, -0.25) is 4.79 Å². The maximum Gasteiger partial charge on any atom is 0.189 e. The number of halogens is 2. The number of oxime groups is 1. The van der Waals surface area contributed by atoms with Crippen molar-refractivity contribution in [1.29, 1.82) is 0 Å². The molecule has 1 aliphatic carbocycles. The van der Waals surface area contributed by atoms with Crippen molar-refractivity contribution >= 4 is 22.3 Å². The molecule has 4 rings (SSSR count). The molecule has 0 bridgehead atoms. The summed E-state index contributed by atoms with van der Waals surface area (Å²) in [5.74, 6) is -1.48. The molecular formula is C16H15F2N3O2. The maximum atomic E-state index is 14.8. The van der Waals surface area contributed by atoms with Crippen LogP contribution in [0.25, 0.3) is 10.9 Å². The molecule has 1 aromatic carbocycles. The number of pyridine rings is 1. The van der Waals surface area contributed by atoms with Crippen molar-refractivity contribution in [3.8, 4) is 0 Å². The van der Waals surface area contributed by atoms with Crippen LogP contribution in [0.3, 0.4) is 0 Å². The second kappa shape index (κ2) is 4.78. The summed E-state index contributed by atoms with van der Waals surface area (Å²) in [7, 11) is 1.47. The van der Waals surface area contributed by atoms with Crippen molar-refractivity contribution in [3.63, 3.8) is 0 Å². The molecule has 1 aromatic heterocycles. The molecule has 0 atom stereocenters. The van der Waals surface area contributed by atoms with Gasteiger partial charge >= 0.3 is 0 Å². The highest BCUT2D eigenvalue weighted by Crippen LogP contribution is 2.52. The molecule has 0 radical (unpaired) electrons. The lowest BCUT2D eigenvalue weighted by molar-refractivity contribution is 0.211. The van der Waals surface area contributed by atoms with Crippen LogP contribution >= 0.6 is 0 Å². The van der Waals surface area contributed by atoms with E-state index in [0.717, 1.165) is 24.6 Å². The predicted octanol–water partition coefficient (Wildman–Crippen LogP) is 2.41. The highest BCUT2D eigenvalue weighted by molar-refractivity contribution is 6.00. The number of nitrogens with one attached hydrogen (secondary N) is 1. The molecule has 2 aromatic rings. The Hall–Kier alpha value is -2.44. The first-order chi connectivity index (χ1) is 11.1. The standard InChI is InChI=1S/C16H15F2N3O2/c1-23-20-12-7-21(8-16(12)3-4-16)15-10(17)6-9-11(22)2-5-19-14(9)13(15)18/h2,5-6H,3-4,7-8H2,1H3,(H,19,22). The molecule has 1 spiro atoms. The molecule has 1 saturated heterocycles. The van der Waals surface area contributed by atoms with Gasteiger partial charge in [-0.2, -0.15) is 0 Å². The van der Waals surface area contributed by atoms with Gasteiger partial charge in [0.05, 0.1) is 23.2 Å². The Morgan fingerprint density at radius 1 is 1.39 bits per heavy atom. The smallest absolute Gasteiger partial charge is 0.189 e. The Morgan fingerprint density at radius 2 is 2.17 bits per heavy atom. The molecule has 2 fully saturated rings. The quantitative estimate of drug-likeness (QED) is 0.865. The van der Waals surface area contributed by atoms with E-state index in [1.165, 1.54) is 19.4 Å². The van der Waals surface area contributed by atoms with Crippen molar-refractivity contribution < 1.29 is 13.6 Å². The summed E-state index contributed by atoms with van der Waals surface area (Å²) in [6.45, 7) is 0.829. The summed E-state index contributed by atoms with van der Waals surface area (Å²) in [5, 5.41) is 4.03. The van der Waals surface area contributed by atoms with E-state index in [0.29, 0.717) is 13.1 Å². The maximum absolute atomic E-state index is 14.8. The van der Waals surface area contributed by atoms with Crippen LogP contribution in [-0.4, -0.2) is 30.9 Å². The first-order valence-electron chi connectivity index (χ1n) is 7.40. The van der Waals surface area contributed by atoms with E-state index in [4.69, 9.17) is 4.84 Å². The molecule has 1 aliphatic heterocycles. The van der Waals surface area contributed by atoms with E-state index in [1.807, 2.05) is 0 Å². The van der Waals surface area contributed by atoms with Crippen LogP contribution in [0.2, 0.25) is 0 Å². The van der Waals surface area contributed by atoms with Crippen LogP contribution in [0.1, 0.15) is 12.8 Å². The lowest BCUT2D eigenvalue weighted by atomic mass is 10.1. The van der Waals surface area contributed by atoms with Gasteiger partial charge in [0.15, 0.2) is 11.2 Å². The lowest BCUT2D eigenvalue weighted by Crippen LogP contribution is -2.23. The topological polar surface area (TPSA) is 57.7 Å². The third kappa shape index (κ3) is 2.03. The molecular weight excluding hydrogens is 304 g/mol. The number of aromatic amines is 1. The van der Waals surface area contributed by atoms with E-state index in [1.54, 1.807) is 4.90 Å². The van der Waals surface area contributed by atoms with Crippen LogP contribution in [0, 0.1) is 17.0 Å². The van der Waals surface area contributed by atoms with E-state index in [2.05, 4.69) is 10.1 Å². The Kier molecular flexibility index (Phi) is 2.94. The molecule has 0 amide bonds. The van der Waals surface area contributed by atoms with E-state index in [-0.39, 0.29) is 22.0 Å². The zero-order chi connectivity index (χ0) is 16.2. The number of benzene rings is 1. The molecule has 23 heavy (non-hydrogen) atoms. The highest BCUT2D eigenvalue weighted by atomic mass is 19.1. The van der Waals surface area contributed by atoms with E-state index in [9.17, 15) is 13.6 Å². The number of fused-ring (bicyclic) bond motifs is 1. The van der Waals surface area contributed by atoms with Gasteiger partial charge in [-0.25, -0.2) is 8.78 Å². The fourth-order valence-electron chi connectivity index (χ4n) is 3.38. The summed E-state index contributed by atoms with van der Waals surface area (Å²) in [5.41, 5.74) is 0.196. The number of hydrogen-bond acceptors (Lipinski definition) is 4. The number of anilines is 1. The molecule has 1 N–H and O–H groups in total. The van der Waals surface area contributed by atoms with E-state index < -0.39 is 17.1 Å². The Balaban J connectivity index is 1.84. The number of aromatic nitrogens is 1. The predicted molar refractivity (Wildman–Crippen MR) is 82.8 cm³/mol. The number of hydrogen-bond donors (Lipinski definition) is 1. The van der Waals surface area contributed by atoms with Crippen LogP contribution in [0.4, 0.5) is 14.5 Å². The van der Waals surface area contributed by atoms with Gasteiger partial charge in [0.25, 0.3) is 0 Å². The third-order valence-electron chi connectivity index (χ3n) is 4.74. The molecule has 1 saturated carbocycles. The van der Waals surface area contributed by atoms with Gasteiger partial charge in [-0.1, -0.05) is 5.16 Å². The van der Waals surface area contributed by atoms with Crippen molar-refractivity contribution in [2.45, 2.75) is 12.8 Å². The van der Waals surface area contributed by atoms with Gasteiger partial charge in [-0.05, 0) is 18.9 Å². The zero-order valence-electron chi connectivity index (χ0n) is 12.5. The first kappa shape index (κ1) is 14.2. The normalized spacial score (nSPS) is 20.7. The van der Waals surface area contributed by atoms with Gasteiger partial charge in [0.1, 0.15) is 18.6 Å². The molecule has 120 valence electrons. The molecule has 2 heterocycles. The van der Waals surface area contributed by atoms with Crippen molar-refractivity contribution in [1.82, 2.24) is 4.98 Å². The van der Waals surface area contributed by atoms with E-state index >= 15 is 0 Å². The first-order valence-corrected chi connectivity index (χ1v) is 7.40. The molecule has 7 heteroatoms. The zero-order valence-corrected chi connectivity index (χ0v) is 12.5. The minimum atomic E-state index is -0.743. The Labute approximate surface area is 130 Å². The Morgan fingerprint density at radius 3 is 2.87 bits per heavy atom. The van der Waals surface area contributed by atoms with Crippen LogP contribution in [0.15, 0.2) is 28.3 Å². The minimum Gasteiger partial charge on any atom is -0.399 e. The fourth-order valence-corrected chi connectivity index (χ4v) is 3.38. The average molecular weight is 319 g/mol. The second-order valence-corrected chi connectivity index (χ2v) is 6.14. The monoisotopic (exact) mass is 319 g/mol. The van der Waals surface area contributed by atoms with Crippen LogP contribution in [-0.2, 0) is 4.84 Å². The molecule has 5 nitrogen and oxygen atoms in total. The lowest BCUT2D eigenvalue weighted by Gasteiger charge is -2.20. The summed E-state index contributed by atoms with van der Waals surface area (Å²) < 4.78 is 29.3.